The van der Waals surface area contributed by atoms with Gasteiger partial charge in [-0.25, -0.2) is 0 Å². The topological polar surface area (TPSA) is 75.6 Å². The molecule has 78 valence electrons. The molecule has 0 fully saturated rings. The lowest BCUT2D eigenvalue weighted by Gasteiger charge is -2.22. The van der Waals surface area contributed by atoms with Gasteiger partial charge in [0.15, 0.2) is 5.78 Å². The number of nitrogens with one attached hydrogen (secondary N) is 1. The van der Waals surface area contributed by atoms with Gasteiger partial charge >= 0.3 is 0 Å². The Kier molecular flexibility index (Phi) is 2.17. The molecule has 2 N–H and O–H groups in total. The van der Waals surface area contributed by atoms with Gasteiger partial charge in [0.25, 0.3) is 12.2 Å². The molecule has 0 spiro atoms. The number of carbonyl (C=O) groups is 2. The number of aliphatic hydroxyl groups is 1. The number of Topliss-reactive ketones (excluding diaryl/α,β-unsaturated/α-hetero) is 1. The van der Waals surface area contributed by atoms with Crippen molar-refractivity contribution in [3.8, 4) is 5.75 Å². The minimum Gasteiger partial charge on any atom is -0.453 e. The molecule has 5 heteroatoms. The first kappa shape index (κ1) is 9.67. The quantitative estimate of drug-likeness (QED) is 0.659. The zero-order valence-electron chi connectivity index (χ0n) is 7.98. The first-order valence-corrected chi connectivity index (χ1v) is 4.38. The molecule has 1 aliphatic heterocycles. The smallest absolute Gasteiger partial charge is 0.293 e. The lowest BCUT2D eigenvalue weighted by atomic mass is 10.1. The predicted molar refractivity (Wildman–Crippen MR) is 51.7 cm³/mol. The molecule has 0 aliphatic carbocycles. The summed E-state index contributed by atoms with van der Waals surface area (Å²) in [4.78, 5) is 22.1. The number of anilines is 1. The van der Waals surface area contributed by atoms with Gasteiger partial charge in [-0.1, -0.05) is 0 Å². The second-order valence-corrected chi connectivity index (χ2v) is 3.23. The largest absolute Gasteiger partial charge is 0.453 e. The summed E-state index contributed by atoms with van der Waals surface area (Å²) in [6, 6.07) is 4.63. The minimum absolute atomic E-state index is 0.0989. The van der Waals surface area contributed by atoms with E-state index >= 15 is 0 Å². The van der Waals surface area contributed by atoms with Crippen LogP contribution in [0.4, 0.5) is 5.69 Å². The van der Waals surface area contributed by atoms with Gasteiger partial charge in [-0.05, 0) is 25.1 Å². The molecule has 0 bridgehead atoms. The highest BCUT2D eigenvalue weighted by Gasteiger charge is 2.25. The number of carbonyl (C=O) groups excluding carboxylic acids is 2. The summed E-state index contributed by atoms with van der Waals surface area (Å²) < 4.78 is 4.91. The summed E-state index contributed by atoms with van der Waals surface area (Å²) in [5, 5.41) is 11.5. The van der Waals surface area contributed by atoms with Crippen LogP contribution in [0.3, 0.4) is 0 Å². The SMILES string of the molecule is CC(=O)c1ccc2c(c1)NC(=O)C(O)O2. The Morgan fingerprint density at radius 3 is 2.93 bits per heavy atom. The standard InChI is InChI=1S/C10H9NO4/c1-5(12)6-2-3-8-7(4-6)11-9(13)10(14)15-8/h2-4,10,14H,1H3,(H,11,13). The fourth-order valence-electron chi connectivity index (χ4n) is 1.32. The number of ketones is 1. The molecule has 2 rings (SSSR count). The molecule has 1 aliphatic rings. The van der Waals surface area contributed by atoms with E-state index in [1.807, 2.05) is 0 Å². The Morgan fingerprint density at radius 2 is 2.27 bits per heavy atom. The van der Waals surface area contributed by atoms with Crippen molar-refractivity contribution in [2.45, 2.75) is 13.2 Å². The number of hydrogen-bond acceptors (Lipinski definition) is 4. The Morgan fingerprint density at radius 1 is 1.53 bits per heavy atom. The van der Waals surface area contributed by atoms with Crippen LogP contribution in [0.15, 0.2) is 18.2 Å². The van der Waals surface area contributed by atoms with Crippen molar-refractivity contribution < 1.29 is 19.4 Å². The summed E-state index contributed by atoms with van der Waals surface area (Å²) in [6.07, 6.45) is -1.49. The van der Waals surface area contributed by atoms with Crippen LogP contribution in [-0.4, -0.2) is 23.1 Å². The molecule has 1 unspecified atom stereocenters. The summed E-state index contributed by atoms with van der Waals surface area (Å²) in [5.41, 5.74) is 0.882. The van der Waals surface area contributed by atoms with Gasteiger partial charge in [0, 0.05) is 5.56 Å². The van der Waals surface area contributed by atoms with Gasteiger partial charge in [0.2, 0.25) is 0 Å². The van der Waals surface area contributed by atoms with E-state index in [2.05, 4.69) is 5.32 Å². The van der Waals surface area contributed by atoms with Gasteiger partial charge in [-0.15, -0.1) is 0 Å². The summed E-state index contributed by atoms with van der Waals surface area (Å²) in [6.45, 7) is 1.43. The molecule has 1 atom stereocenters. The molecular formula is C10H9NO4. The Labute approximate surface area is 85.7 Å². The van der Waals surface area contributed by atoms with Crippen molar-refractivity contribution in [3.63, 3.8) is 0 Å². The van der Waals surface area contributed by atoms with Gasteiger partial charge in [-0.2, -0.15) is 0 Å². The monoisotopic (exact) mass is 207 g/mol. The van der Waals surface area contributed by atoms with Crippen molar-refractivity contribution in [2.24, 2.45) is 0 Å². The van der Waals surface area contributed by atoms with Gasteiger partial charge in [-0.3, -0.25) is 9.59 Å². The lowest BCUT2D eigenvalue weighted by molar-refractivity contribution is -0.139. The zero-order chi connectivity index (χ0) is 11.0. The van der Waals surface area contributed by atoms with Crippen molar-refractivity contribution in [1.29, 1.82) is 0 Å². The molecule has 1 heterocycles. The Balaban J connectivity index is 2.41. The van der Waals surface area contributed by atoms with E-state index in [4.69, 9.17) is 9.84 Å². The molecule has 5 nitrogen and oxygen atoms in total. The summed E-state index contributed by atoms with van der Waals surface area (Å²) in [5.74, 6) is -0.381. The number of aliphatic hydroxyl groups excluding tert-OH is 1. The summed E-state index contributed by atoms with van der Waals surface area (Å²) in [7, 11) is 0. The van der Waals surface area contributed by atoms with Crippen LogP contribution in [-0.2, 0) is 4.79 Å². The fraction of sp³-hybridized carbons (Fsp3) is 0.200. The first-order valence-electron chi connectivity index (χ1n) is 4.38. The van der Waals surface area contributed by atoms with Crippen LogP contribution in [0.25, 0.3) is 0 Å². The molecule has 1 aromatic carbocycles. The molecule has 0 saturated heterocycles. The van der Waals surface area contributed by atoms with E-state index in [9.17, 15) is 9.59 Å². The van der Waals surface area contributed by atoms with Crippen LogP contribution >= 0.6 is 0 Å². The van der Waals surface area contributed by atoms with E-state index in [0.717, 1.165) is 0 Å². The molecule has 1 amide bonds. The minimum atomic E-state index is -1.49. The predicted octanol–water partition coefficient (Wildman–Crippen LogP) is 0.538. The van der Waals surface area contributed by atoms with E-state index in [-0.39, 0.29) is 5.78 Å². The number of rotatable bonds is 1. The fourth-order valence-corrected chi connectivity index (χ4v) is 1.32. The van der Waals surface area contributed by atoms with E-state index in [1.165, 1.54) is 19.1 Å². The Hall–Kier alpha value is -1.88. The highest BCUT2D eigenvalue weighted by atomic mass is 16.6. The third-order valence-electron chi connectivity index (χ3n) is 2.11. The molecular weight excluding hydrogens is 198 g/mol. The van der Waals surface area contributed by atoms with Crippen molar-refractivity contribution in [1.82, 2.24) is 0 Å². The van der Waals surface area contributed by atoms with Crippen LogP contribution in [0.1, 0.15) is 17.3 Å². The average molecular weight is 207 g/mol. The molecule has 15 heavy (non-hydrogen) atoms. The number of amides is 1. The second kappa shape index (κ2) is 3.36. The van der Waals surface area contributed by atoms with Crippen LogP contribution in [0.5, 0.6) is 5.75 Å². The molecule has 0 radical (unpaired) electrons. The van der Waals surface area contributed by atoms with Gasteiger partial charge in [0.05, 0.1) is 5.69 Å². The van der Waals surface area contributed by atoms with Crippen molar-refractivity contribution in [3.05, 3.63) is 23.8 Å². The number of fused-ring (bicyclic) bond motifs is 1. The first-order chi connectivity index (χ1) is 7.08. The van der Waals surface area contributed by atoms with Crippen molar-refractivity contribution in [2.75, 3.05) is 5.32 Å². The highest BCUT2D eigenvalue weighted by molar-refractivity contribution is 6.00. The van der Waals surface area contributed by atoms with Crippen molar-refractivity contribution >= 4 is 17.4 Å². The number of benzene rings is 1. The molecule has 0 aromatic heterocycles. The molecule has 0 saturated carbocycles. The van der Waals surface area contributed by atoms with Crippen LogP contribution in [0.2, 0.25) is 0 Å². The van der Waals surface area contributed by atoms with Crippen LogP contribution in [0, 0.1) is 0 Å². The second-order valence-electron chi connectivity index (χ2n) is 3.23. The zero-order valence-corrected chi connectivity index (χ0v) is 7.98. The average Bonchev–Trinajstić information content (AvgIpc) is 2.19. The number of hydrogen-bond donors (Lipinski definition) is 2. The third kappa shape index (κ3) is 1.69. The highest BCUT2D eigenvalue weighted by Crippen LogP contribution is 2.29. The third-order valence-corrected chi connectivity index (χ3v) is 2.11. The number of ether oxygens (including phenoxy) is 1. The lowest BCUT2D eigenvalue weighted by Crippen LogP contribution is -2.36. The maximum absolute atomic E-state index is 11.1. The van der Waals surface area contributed by atoms with E-state index in [0.29, 0.717) is 17.0 Å². The van der Waals surface area contributed by atoms with Crippen LogP contribution < -0.4 is 10.1 Å². The summed E-state index contributed by atoms with van der Waals surface area (Å²) >= 11 is 0. The van der Waals surface area contributed by atoms with Gasteiger partial charge in [0.1, 0.15) is 5.75 Å². The van der Waals surface area contributed by atoms with E-state index < -0.39 is 12.2 Å². The normalized spacial score (nSPS) is 18.8. The molecule has 1 aromatic rings. The Bertz CT molecular complexity index is 441. The van der Waals surface area contributed by atoms with Gasteiger partial charge < -0.3 is 15.2 Å². The maximum Gasteiger partial charge on any atom is 0.293 e. The maximum atomic E-state index is 11.1. The van der Waals surface area contributed by atoms with E-state index in [1.54, 1.807) is 6.07 Å².